The van der Waals surface area contributed by atoms with Gasteiger partial charge in [0.1, 0.15) is 0 Å². The standard InChI is InChI=1S/C17H26N2O3.ClH/c1-20-15-8-12(9-16(21-2)17(15)22-3)10-19-7-6-13-4-5-14(11-19)18-13;/h8-9,13-14,18H,4-7,10-11H2,1-3H3;1H. The minimum atomic E-state index is 0. The van der Waals surface area contributed by atoms with Gasteiger partial charge in [0, 0.05) is 31.7 Å². The highest BCUT2D eigenvalue weighted by molar-refractivity contribution is 5.85. The number of rotatable bonds is 5. The molecule has 0 aliphatic carbocycles. The van der Waals surface area contributed by atoms with Crippen LogP contribution in [0.2, 0.25) is 0 Å². The van der Waals surface area contributed by atoms with E-state index < -0.39 is 0 Å². The summed E-state index contributed by atoms with van der Waals surface area (Å²) < 4.78 is 16.3. The summed E-state index contributed by atoms with van der Waals surface area (Å²) >= 11 is 0. The zero-order chi connectivity index (χ0) is 15.5. The van der Waals surface area contributed by atoms with Crippen molar-refractivity contribution < 1.29 is 14.2 Å². The molecule has 23 heavy (non-hydrogen) atoms. The van der Waals surface area contributed by atoms with Gasteiger partial charge in [0.15, 0.2) is 11.5 Å². The van der Waals surface area contributed by atoms with Crippen molar-refractivity contribution in [2.45, 2.75) is 37.9 Å². The van der Waals surface area contributed by atoms with Gasteiger partial charge in [-0.1, -0.05) is 0 Å². The van der Waals surface area contributed by atoms with Crippen LogP contribution in [0.5, 0.6) is 17.2 Å². The highest BCUT2D eigenvalue weighted by Gasteiger charge is 2.29. The second kappa shape index (κ2) is 8.08. The number of hydrogen-bond donors (Lipinski definition) is 1. The van der Waals surface area contributed by atoms with E-state index in [1.165, 1.54) is 24.8 Å². The molecule has 0 saturated carbocycles. The van der Waals surface area contributed by atoms with E-state index in [0.717, 1.165) is 37.2 Å². The highest BCUT2D eigenvalue weighted by atomic mass is 35.5. The predicted octanol–water partition coefficient (Wildman–Crippen LogP) is 2.46. The summed E-state index contributed by atoms with van der Waals surface area (Å²) in [6, 6.07) is 5.47. The lowest BCUT2D eigenvalue weighted by atomic mass is 10.1. The van der Waals surface area contributed by atoms with Crippen molar-refractivity contribution in [3.63, 3.8) is 0 Å². The van der Waals surface area contributed by atoms with Crippen LogP contribution in [-0.2, 0) is 6.54 Å². The molecule has 0 amide bonds. The summed E-state index contributed by atoms with van der Waals surface area (Å²) in [4.78, 5) is 2.53. The van der Waals surface area contributed by atoms with Crippen molar-refractivity contribution >= 4 is 12.4 Å². The van der Waals surface area contributed by atoms with Crippen LogP contribution in [0.1, 0.15) is 24.8 Å². The van der Waals surface area contributed by atoms with Gasteiger partial charge in [-0.25, -0.2) is 0 Å². The van der Waals surface area contributed by atoms with E-state index in [-0.39, 0.29) is 12.4 Å². The summed E-state index contributed by atoms with van der Waals surface area (Å²) in [7, 11) is 4.96. The van der Waals surface area contributed by atoms with Crippen LogP contribution in [0, 0.1) is 0 Å². The van der Waals surface area contributed by atoms with Crippen LogP contribution < -0.4 is 19.5 Å². The third kappa shape index (κ3) is 4.03. The molecule has 6 heteroatoms. The molecule has 2 heterocycles. The molecule has 3 rings (SSSR count). The van der Waals surface area contributed by atoms with Gasteiger partial charge in [0.2, 0.25) is 5.75 Å². The zero-order valence-electron chi connectivity index (χ0n) is 14.1. The third-order valence-corrected chi connectivity index (χ3v) is 4.74. The molecule has 2 bridgehead atoms. The molecule has 0 spiro atoms. The van der Waals surface area contributed by atoms with E-state index in [1.54, 1.807) is 21.3 Å². The molecule has 2 saturated heterocycles. The molecule has 0 radical (unpaired) electrons. The lowest BCUT2D eigenvalue weighted by molar-refractivity contribution is 0.249. The van der Waals surface area contributed by atoms with Crippen molar-refractivity contribution in [1.29, 1.82) is 0 Å². The Balaban J connectivity index is 0.00000192. The van der Waals surface area contributed by atoms with E-state index in [1.807, 2.05) is 0 Å². The van der Waals surface area contributed by atoms with Gasteiger partial charge in [0.05, 0.1) is 21.3 Å². The lowest BCUT2D eigenvalue weighted by Gasteiger charge is -2.24. The maximum absolute atomic E-state index is 5.45. The number of nitrogens with one attached hydrogen (secondary N) is 1. The molecular formula is C17H27ClN2O3. The fraction of sp³-hybridized carbons (Fsp3) is 0.647. The minimum Gasteiger partial charge on any atom is -0.493 e. The normalized spacial score (nSPS) is 23.8. The number of halogens is 1. The molecule has 5 nitrogen and oxygen atoms in total. The largest absolute Gasteiger partial charge is 0.493 e. The minimum absolute atomic E-state index is 0. The Morgan fingerprint density at radius 3 is 2.26 bits per heavy atom. The van der Waals surface area contributed by atoms with Crippen molar-refractivity contribution in [3.8, 4) is 17.2 Å². The van der Waals surface area contributed by atoms with Crippen molar-refractivity contribution in [3.05, 3.63) is 17.7 Å². The Morgan fingerprint density at radius 1 is 1.00 bits per heavy atom. The van der Waals surface area contributed by atoms with Crippen molar-refractivity contribution in [2.24, 2.45) is 0 Å². The molecular weight excluding hydrogens is 316 g/mol. The summed E-state index contributed by atoms with van der Waals surface area (Å²) in [5, 5.41) is 3.72. The molecule has 1 N–H and O–H groups in total. The molecule has 0 aromatic heterocycles. The first-order valence-corrected chi connectivity index (χ1v) is 8.00. The van der Waals surface area contributed by atoms with Crippen LogP contribution in [-0.4, -0.2) is 51.4 Å². The van der Waals surface area contributed by atoms with Gasteiger partial charge in [-0.3, -0.25) is 4.90 Å². The van der Waals surface area contributed by atoms with E-state index in [4.69, 9.17) is 14.2 Å². The number of methoxy groups -OCH3 is 3. The Kier molecular flexibility index (Phi) is 6.39. The summed E-state index contributed by atoms with van der Waals surface area (Å²) in [5.74, 6) is 2.11. The number of hydrogen-bond acceptors (Lipinski definition) is 5. The van der Waals surface area contributed by atoms with Crippen LogP contribution in [0.25, 0.3) is 0 Å². The molecule has 2 aliphatic heterocycles. The van der Waals surface area contributed by atoms with E-state index in [2.05, 4.69) is 22.3 Å². The Morgan fingerprint density at radius 2 is 1.65 bits per heavy atom. The Bertz CT molecular complexity index is 502. The molecule has 2 atom stereocenters. The van der Waals surface area contributed by atoms with Crippen molar-refractivity contribution in [1.82, 2.24) is 10.2 Å². The van der Waals surface area contributed by atoms with E-state index in [0.29, 0.717) is 11.8 Å². The van der Waals surface area contributed by atoms with Crippen LogP contribution in [0.3, 0.4) is 0 Å². The maximum atomic E-state index is 5.45. The maximum Gasteiger partial charge on any atom is 0.203 e. The first-order chi connectivity index (χ1) is 10.7. The van der Waals surface area contributed by atoms with Gasteiger partial charge in [-0.05, 0) is 37.0 Å². The van der Waals surface area contributed by atoms with E-state index >= 15 is 0 Å². The summed E-state index contributed by atoms with van der Waals surface area (Å²) in [6.45, 7) is 3.18. The summed E-state index contributed by atoms with van der Waals surface area (Å²) in [6.07, 6.45) is 3.88. The van der Waals surface area contributed by atoms with Crippen LogP contribution in [0.15, 0.2) is 12.1 Å². The molecule has 1 aromatic carbocycles. The number of benzene rings is 1. The number of likely N-dealkylation sites (tertiary alicyclic amines) is 1. The fourth-order valence-electron chi connectivity index (χ4n) is 3.64. The second-order valence-electron chi connectivity index (χ2n) is 6.20. The monoisotopic (exact) mass is 342 g/mol. The number of fused-ring (bicyclic) bond motifs is 2. The Hall–Kier alpha value is -1.17. The van der Waals surface area contributed by atoms with Gasteiger partial charge in [-0.15, -0.1) is 12.4 Å². The van der Waals surface area contributed by atoms with Crippen molar-refractivity contribution in [2.75, 3.05) is 34.4 Å². The lowest BCUT2D eigenvalue weighted by Crippen LogP contribution is -2.34. The Labute approximate surface area is 144 Å². The molecule has 2 aliphatic rings. The second-order valence-corrected chi connectivity index (χ2v) is 6.20. The molecule has 130 valence electrons. The highest BCUT2D eigenvalue weighted by Crippen LogP contribution is 2.38. The topological polar surface area (TPSA) is 43.0 Å². The first kappa shape index (κ1) is 18.2. The van der Waals surface area contributed by atoms with Gasteiger partial charge >= 0.3 is 0 Å². The van der Waals surface area contributed by atoms with Crippen LogP contribution >= 0.6 is 12.4 Å². The van der Waals surface area contributed by atoms with Gasteiger partial charge < -0.3 is 19.5 Å². The SMILES string of the molecule is COc1cc(CN2CCC3CCC(C2)N3)cc(OC)c1OC.Cl. The fourth-order valence-corrected chi connectivity index (χ4v) is 3.64. The smallest absolute Gasteiger partial charge is 0.203 e. The molecule has 2 fully saturated rings. The van der Waals surface area contributed by atoms with Gasteiger partial charge in [0.25, 0.3) is 0 Å². The third-order valence-electron chi connectivity index (χ3n) is 4.74. The number of nitrogens with zero attached hydrogens (tertiary/aromatic N) is 1. The van der Waals surface area contributed by atoms with Gasteiger partial charge in [-0.2, -0.15) is 0 Å². The van der Waals surface area contributed by atoms with E-state index in [9.17, 15) is 0 Å². The average molecular weight is 343 g/mol. The first-order valence-electron chi connectivity index (χ1n) is 8.00. The molecule has 1 aromatic rings. The number of ether oxygens (including phenoxy) is 3. The average Bonchev–Trinajstić information content (AvgIpc) is 2.88. The molecule has 2 unspecified atom stereocenters. The quantitative estimate of drug-likeness (QED) is 0.890. The zero-order valence-corrected chi connectivity index (χ0v) is 14.9. The van der Waals surface area contributed by atoms with Crippen LogP contribution in [0.4, 0.5) is 0 Å². The predicted molar refractivity (Wildman–Crippen MR) is 93.2 cm³/mol. The summed E-state index contributed by atoms with van der Waals surface area (Å²) in [5.41, 5.74) is 1.20.